The van der Waals surface area contributed by atoms with Gasteiger partial charge in [0.15, 0.2) is 8.32 Å². The third-order valence-corrected chi connectivity index (χ3v) is 10.2. The van der Waals surface area contributed by atoms with Crippen LogP contribution in [0, 0.1) is 0 Å². The second-order valence-electron chi connectivity index (χ2n) is 8.44. The molecule has 0 aliphatic carbocycles. The molecule has 0 aromatic heterocycles. The highest BCUT2D eigenvalue weighted by molar-refractivity contribution is 6.74. The van der Waals surface area contributed by atoms with Gasteiger partial charge >= 0.3 is 5.97 Å². The lowest BCUT2D eigenvalue weighted by molar-refractivity contribution is 0.0597. The Morgan fingerprint density at radius 1 is 1.15 bits per heavy atom. The summed E-state index contributed by atoms with van der Waals surface area (Å²) in [6.45, 7) is 13.4. The summed E-state index contributed by atoms with van der Waals surface area (Å²) in [7, 11) is 1.23. The van der Waals surface area contributed by atoms with Crippen molar-refractivity contribution in [2.75, 3.05) is 32.2 Å². The Morgan fingerprint density at radius 3 is 2.27 bits per heavy atom. The summed E-state index contributed by atoms with van der Waals surface area (Å²) >= 11 is 0. The molecule has 0 atom stereocenters. The van der Waals surface area contributed by atoms with Crippen LogP contribution in [0.15, 0.2) is 18.2 Å². The summed E-state index contributed by atoms with van der Waals surface area (Å²) in [5.74, 6) is 0.170. The SMILES string of the molecule is COC(=O)c1ccc(N2CCC(O[Si](C)(C)C(C)(C)C)CC2)cc1OC. The molecule has 0 N–H and O–H groups in total. The minimum atomic E-state index is -1.72. The van der Waals surface area contributed by atoms with E-state index in [0.717, 1.165) is 31.6 Å². The molecule has 0 amide bonds. The Hall–Kier alpha value is -1.53. The van der Waals surface area contributed by atoms with Gasteiger partial charge in [-0.05, 0) is 43.1 Å². The number of carbonyl (C=O) groups excluding carboxylic acids is 1. The summed E-state index contributed by atoms with van der Waals surface area (Å²) < 4.78 is 16.7. The van der Waals surface area contributed by atoms with E-state index < -0.39 is 8.32 Å². The molecular weight excluding hydrogens is 346 g/mol. The molecule has 146 valence electrons. The van der Waals surface area contributed by atoms with Gasteiger partial charge in [0.1, 0.15) is 11.3 Å². The molecule has 0 radical (unpaired) electrons. The number of nitrogens with zero attached hydrogens (tertiary/aromatic N) is 1. The van der Waals surface area contributed by atoms with Crippen molar-refractivity contribution in [3.63, 3.8) is 0 Å². The van der Waals surface area contributed by atoms with Gasteiger partial charge in [-0.15, -0.1) is 0 Å². The van der Waals surface area contributed by atoms with Crippen LogP contribution in [0.4, 0.5) is 5.69 Å². The molecule has 0 saturated carbocycles. The molecule has 0 unspecified atom stereocenters. The average Bonchev–Trinajstić information content (AvgIpc) is 2.60. The number of esters is 1. The zero-order valence-corrected chi connectivity index (χ0v) is 18.2. The predicted octanol–water partition coefficient (Wildman–Crippen LogP) is 4.47. The van der Waals surface area contributed by atoms with Gasteiger partial charge in [0.2, 0.25) is 0 Å². The minimum absolute atomic E-state index is 0.237. The van der Waals surface area contributed by atoms with Gasteiger partial charge in [0, 0.05) is 30.9 Å². The molecule has 1 aromatic carbocycles. The molecule has 1 aliphatic rings. The van der Waals surface area contributed by atoms with Crippen molar-refractivity contribution in [2.24, 2.45) is 0 Å². The van der Waals surface area contributed by atoms with Gasteiger partial charge in [-0.3, -0.25) is 0 Å². The number of piperidine rings is 1. The highest BCUT2D eigenvalue weighted by Gasteiger charge is 2.39. The molecule has 1 fully saturated rings. The van der Waals surface area contributed by atoms with Gasteiger partial charge in [-0.1, -0.05) is 20.8 Å². The topological polar surface area (TPSA) is 48.0 Å². The molecular formula is C20H33NO4Si. The van der Waals surface area contributed by atoms with Gasteiger partial charge < -0.3 is 18.8 Å². The van der Waals surface area contributed by atoms with Gasteiger partial charge in [-0.25, -0.2) is 4.79 Å². The van der Waals surface area contributed by atoms with Gasteiger partial charge in [0.05, 0.1) is 14.2 Å². The number of rotatable bonds is 5. The average molecular weight is 380 g/mol. The van der Waals surface area contributed by atoms with E-state index in [1.165, 1.54) is 7.11 Å². The molecule has 0 spiro atoms. The monoisotopic (exact) mass is 379 g/mol. The Morgan fingerprint density at radius 2 is 1.77 bits per heavy atom. The summed E-state index contributed by atoms with van der Waals surface area (Å²) in [4.78, 5) is 14.1. The number of anilines is 1. The number of ether oxygens (including phenoxy) is 2. The second kappa shape index (κ2) is 8.01. The van der Waals surface area contributed by atoms with E-state index in [9.17, 15) is 4.79 Å². The normalized spacial score (nSPS) is 16.5. The first kappa shape index (κ1) is 20.8. The molecule has 1 aromatic rings. The molecule has 0 bridgehead atoms. The van der Waals surface area contributed by atoms with Crippen LogP contribution in [0.2, 0.25) is 18.1 Å². The first-order valence-corrected chi connectivity index (χ1v) is 12.2. The van der Waals surface area contributed by atoms with E-state index in [0.29, 0.717) is 17.4 Å². The Labute approximate surface area is 158 Å². The lowest BCUT2D eigenvalue weighted by Gasteiger charge is -2.42. The first-order chi connectivity index (χ1) is 12.1. The zero-order chi connectivity index (χ0) is 19.5. The second-order valence-corrected chi connectivity index (χ2v) is 13.2. The number of methoxy groups -OCH3 is 2. The summed E-state index contributed by atoms with van der Waals surface area (Å²) in [6.07, 6.45) is 2.38. The van der Waals surface area contributed by atoms with Gasteiger partial charge in [-0.2, -0.15) is 0 Å². The maximum absolute atomic E-state index is 11.8. The van der Waals surface area contributed by atoms with Crippen LogP contribution in [-0.2, 0) is 9.16 Å². The quantitative estimate of drug-likeness (QED) is 0.558. The van der Waals surface area contributed by atoms with Crippen LogP contribution in [0.3, 0.4) is 0 Å². The molecule has 6 heteroatoms. The highest BCUT2D eigenvalue weighted by Crippen LogP contribution is 2.38. The molecule has 26 heavy (non-hydrogen) atoms. The van der Waals surface area contributed by atoms with E-state index in [1.54, 1.807) is 13.2 Å². The molecule has 2 rings (SSSR count). The molecule has 1 aliphatic heterocycles. The van der Waals surface area contributed by atoms with Crippen LogP contribution in [0.25, 0.3) is 0 Å². The van der Waals surface area contributed by atoms with Crippen molar-refractivity contribution >= 4 is 20.0 Å². The van der Waals surface area contributed by atoms with Crippen molar-refractivity contribution in [2.45, 2.75) is 57.8 Å². The zero-order valence-electron chi connectivity index (χ0n) is 17.2. The summed E-state index contributed by atoms with van der Waals surface area (Å²) in [5, 5.41) is 0.237. The fourth-order valence-corrected chi connectivity index (χ4v) is 4.40. The Balaban J connectivity index is 2.03. The van der Waals surface area contributed by atoms with Crippen LogP contribution in [-0.4, -0.2) is 47.7 Å². The third-order valence-electron chi connectivity index (χ3n) is 5.67. The van der Waals surface area contributed by atoms with Crippen LogP contribution in [0.5, 0.6) is 5.75 Å². The lowest BCUT2D eigenvalue weighted by Crippen LogP contribution is -2.47. The van der Waals surface area contributed by atoms with E-state index in [4.69, 9.17) is 13.9 Å². The maximum Gasteiger partial charge on any atom is 0.341 e. The first-order valence-electron chi connectivity index (χ1n) is 9.28. The summed E-state index contributed by atoms with van der Waals surface area (Å²) in [6, 6.07) is 5.66. The van der Waals surface area contributed by atoms with Crippen LogP contribution in [0.1, 0.15) is 44.0 Å². The van der Waals surface area contributed by atoms with Crippen LogP contribution >= 0.6 is 0 Å². The van der Waals surface area contributed by atoms with E-state index in [1.807, 2.05) is 12.1 Å². The van der Waals surface area contributed by atoms with Crippen LogP contribution < -0.4 is 9.64 Å². The number of benzene rings is 1. The minimum Gasteiger partial charge on any atom is -0.496 e. The van der Waals surface area contributed by atoms with E-state index in [-0.39, 0.29) is 11.0 Å². The molecule has 1 heterocycles. The number of hydrogen-bond donors (Lipinski definition) is 0. The Bertz CT molecular complexity index is 631. The fourth-order valence-electron chi connectivity index (χ4n) is 2.98. The summed E-state index contributed by atoms with van der Waals surface area (Å²) in [5.41, 5.74) is 1.52. The van der Waals surface area contributed by atoms with E-state index in [2.05, 4.69) is 38.8 Å². The highest BCUT2D eigenvalue weighted by atomic mass is 28.4. The maximum atomic E-state index is 11.8. The largest absolute Gasteiger partial charge is 0.496 e. The lowest BCUT2D eigenvalue weighted by atomic mass is 10.1. The number of carbonyl (C=O) groups is 1. The van der Waals surface area contributed by atoms with Gasteiger partial charge in [0.25, 0.3) is 0 Å². The number of hydrogen-bond acceptors (Lipinski definition) is 5. The van der Waals surface area contributed by atoms with E-state index >= 15 is 0 Å². The van der Waals surface area contributed by atoms with Crippen molar-refractivity contribution in [1.29, 1.82) is 0 Å². The smallest absolute Gasteiger partial charge is 0.341 e. The predicted molar refractivity (Wildman–Crippen MR) is 108 cm³/mol. The van der Waals surface area contributed by atoms with Crippen molar-refractivity contribution < 1.29 is 18.7 Å². The standard InChI is InChI=1S/C20H33NO4Si/c1-20(2,3)26(6,7)25-16-10-12-21(13-11-16)15-8-9-17(19(22)24-5)18(14-15)23-4/h8-9,14,16H,10-13H2,1-7H3. The van der Waals surface area contributed by atoms with Crippen molar-refractivity contribution in [3.8, 4) is 5.75 Å². The molecule has 1 saturated heterocycles. The fraction of sp³-hybridized carbons (Fsp3) is 0.650. The van der Waals surface area contributed by atoms with Crippen molar-refractivity contribution in [3.05, 3.63) is 23.8 Å². The molecule has 5 nitrogen and oxygen atoms in total. The Kier molecular flexibility index (Phi) is 6.40. The van der Waals surface area contributed by atoms with Crippen molar-refractivity contribution in [1.82, 2.24) is 0 Å². The third kappa shape index (κ3) is 4.60.